The average Bonchev–Trinajstić information content (AvgIpc) is 2.78. The maximum Gasteiger partial charge on any atom is 0.348 e. The van der Waals surface area contributed by atoms with E-state index in [1.807, 2.05) is 43.3 Å². The monoisotopic (exact) mass is 291 g/mol. The molecule has 7 nitrogen and oxygen atoms in total. The van der Waals surface area contributed by atoms with Gasteiger partial charge in [-0.05, 0) is 42.5 Å². The first-order valence-electron chi connectivity index (χ1n) is 5.78. The van der Waals surface area contributed by atoms with Crippen molar-refractivity contribution in [2.24, 2.45) is 10.2 Å². The zero-order valence-corrected chi connectivity index (χ0v) is 12.1. The molecular weight excluding hydrogens is 278 g/mol. The van der Waals surface area contributed by atoms with Crippen LogP contribution in [0.15, 0.2) is 34.5 Å². The fourth-order valence-electron chi connectivity index (χ4n) is 1.50. The van der Waals surface area contributed by atoms with E-state index < -0.39 is 4.92 Å². The van der Waals surface area contributed by atoms with Gasteiger partial charge in [-0.3, -0.25) is 10.1 Å². The molecular formula is C12H13N5O2S. The first-order valence-corrected chi connectivity index (χ1v) is 6.60. The Morgan fingerprint density at radius 1 is 1.25 bits per heavy atom. The van der Waals surface area contributed by atoms with Gasteiger partial charge in [-0.25, -0.2) is 4.98 Å². The first kappa shape index (κ1) is 14.1. The number of hydrogen-bond donors (Lipinski definition) is 0. The number of nitrogens with zero attached hydrogens (tertiary/aromatic N) is 5. The summed E-state index contributed by atoms with van der Waals surface area (Å²) in [5.74, 6) is 0. The second kappa shape index (κ2) is 5.74. The molecule has 1 heterocycles. The molecule has 1 aromatic carbocycles. The van der Waals surface area contributed by atoms with E-state index in [0.717, 1.165) is 17.0 Å². The highest BCUT2D eigenvalue weighted by Crippen LogP contribution is 2.32. The van der Waals surface area contributed by atoms with E-state index in [1.165, 1.54) is 0 Å². The molecule has 0 radical (unpaired) electrons. The third-order valence-electron chi connectivity index (χ3n) is 2.54. The highest BCUT2D eigenvalue weighted by molar-refractivity contribution is 7.18. The van der Waals surface area contributed by atoms with Gasteiger partial charge in [0.05, 0.1) is 10.6 Å². The lowest BCUT2D eigenvalue weighted by molar-refractivity contribution is -0.380. The maximum atomic E-state index is 10.7. The minimum Gasteiger partial charge on any atom is -0.378 e. The summed E-state index contributed by atoms with van der Waals surface area (Å²) in [5.41, 5.74) is 2.09. The average molecular weight is 291 g/mol. The predicted molar refractivity (Wildman–Crippen MR) is 78.5 cm³/mol. The Balaban J connectivity index is 2.16. The molecule has 0 fully saturated rings. The molecule has 0 amide bonds. The largest absolute Gasteiger partial charge is 0.378 e. The van der Waals surface area contributed by atoms with E-state index in [1.54, 1.807) is 6.92 Å². The number of benzene rings is 1. The summed E-state index contributed by atoms with van der Waals surface area (Å²) < 4.78 is 0. The quantitative estimate of drug-likeness (QED) is 0.486. The Hall–Kier alpha value is -2.35. The minimum absolute atomic E-state index is 0.00176. The number of aromatic nitrogens is 1. The normalized spacial score (nSPS) is 10.9. The number of hydrogen-bond acceptors (Lipinski definition) is 7. The SMILES string of the molecule is Cc1nc(N=Nc2ccc(N(C)C)cc2)sc1[N+](=O)[O-]. The van der Waals surface area contributed by atoms with Gasteiger partial charge in [0.1, 0.15) is 5.69 Å². The summed E-state index contributed by atoms with van der Waals surface area (Å²) >= 11 is 0.916. The highest BCUT2D eigenvalue weighted by Gasteiger charge is 2.17. The van der Waals surface area contributed by atoms with Gasteiger partial charge in [0.25, 0.3) is 0 Å². The van der Waals surface area contributed by atoms with Crippen molar-refractivity contribution in [3.63, 3.8) is 0 Å². The van der Waals surface area contributed by atoms with Gasteiger partial charge in [-0.1, -0.05) is 0 Å². The zero-order chi connectivity index (χ0) is 14.7. The third kappa shape index (κ3) is 3.15. The summed E-state index contributed by atoms with van der Waals surface area (Å²) in [6, 6.07) is 7.50. The van der Waals surface area contributed by atoms with Gasteiger partial charge in [0, 0.05) is 19.8 Å². The third-order valence-corrected chi connectivity index (χ3v) is 3.54. The van der Waals surface area contributed by atoms with Crippen LogP contribution in [0.2, 0.25) is 0 Å². The van der Waals surface area contributed by atoms with E-state index >= 15 is 0 Å². The summed E-state index contributed by atoms with van der Waals surface area (Å²) in [6.07, 6.45) is 0. The van der Waals surface area contributed by atoms with Crippen LogP contribution in [0.5, 0.6) is 0 Å². The molecule has 8 heteroatoms. The molecule has 0 N–H and O–H groups in total. The van der Waals surface area contributed by atoms with Crippen molar-refractivity contribution in [3.05, 3.63) is 40.1 Å². The number of anilines is 1. The van der Waals surface area contributed by atoms with Crippen LogP contribution in [-0.4, -0.2) is 24.0 Å². The van der Waals surface area contributed by atoms with E-state index in [2.05, 4.69) is 15.2 Å². The van der Waals surface area contributed by atoms with Gasteiger partial charge in [0.15, 0.2) is 0 Å². The summed E-state index contributed by atoms with van der Waals surface area (Å²) in [7, 11) is 3.90. The van der Waals surface area contributed by atoms with E-state index in [-0.39, 0.29) is 10.1 Å². The lowest BCUT2D eigenvalue weighted by Gasteiger charge is -2.11. The Labute approximate surface area is 119 Å². The molecule has 0 spiro atoms. The molecule has 104 valence electrons. The van der Waals surface area contributed by atoms with Crippen molar-refractivity contribution in [1.82, 2.24) is 4.98 Å². The number of rotatable bonds is 4. The fourth-order valence-corrected chi connectivity index (χ4v) is 2.21. The van der Waals surface area contributed by atoms with Gasteiger partial charge in [-0.15, -0.1) is 10.2 Å². The second-order valence-electron chi connectivity index (χ2n) is 4.25. The van der Waals surface area contributed by atoms with Crippen molar-refractivity contribution < 1.29 is 4.92 Å². The fraction of sp³-hybridized carbons (Fsp3) is 0.250. The number of nitro groups is 1. The van der Waals surface area contributed by atoms with Crippen LogP contribution in [-0.2, 0) is 0 Å². The topological polar surface area (TPSA) is 84.0 Å². The van der Waals surface area contributed by atoms with Crippen LogP contribution in [0, 0.1) is 17.0 Å². The van der Waals surface area contributed by atoms with Crippen LogP contribution in [0.1, 0.15) is 5.69 Å². The molecule has 0 saturated carbocycles. The Bertz CT molecular complexity index is 648. The summed E-state index contributed by atoms with van der Waals surface area (Å²) in [5, 5.41) is 18.9. The number of azo groups is 1. The molecule has 0 aliphatic rings. The molecule has 0 unspecified atom stereocenters. The summed E-state index contributed by atoms with van der Waals surface area (Å²) in [4.78, 5) is 16.2. The molecule has 1 aromatic heterocycles. The standard InChI is InChI=1S/C12H13N5O2S/c1-8-11(17(18)19)20-12(13-8)15-14-9-4-6-10(7-5-9)16(2)3/h4-7H,1-3H3. The Morgan fingerprint density at radius 3 is 2.40 bits per heavy atom. The van der Waals surface area contributed by atoms with Gasteiger partial charge in [-0.2, -0.15) is 0 Å². The molecule has 0 saturated heterocycles. The van der Waals surface area contributed by atoms with Crippen LogP contribution < -0.4 is 4.90 Å². The molecule has 20 heavy (non-hydrogen) atoms. The van der Waals surface area contributed by atoms with E-state index in [0.29, 0.717) is 11.4 Å². The molecule has 0 bridgehead atoms. The molecule has 0 aliphatic heterocycles. The van der Waals surface area contributed by atoms with Crippen LogP contribution in [0.3, 0.4) is 0 Å². The molecule has 2 rings (SSSR count). The zero-order valence-electron chi connectivity index (χ0n) is 11.3. The molecule has 2 aromatic rings. The van der Waals surface area contributed by atoms with Gasteiger partial charge < -0.3 is 4.90 Å². The Kier molecular flexibility index (Phi) is 4.04. The lowest BCUT2D eigenvalue weighted by atomic mass is 10.3. The van der Waals surface area contributed by atoms with Crippen molar-refractivity contribution in [1.29, 1.82) is 0 Å². The van der Waals surface area contributed by atoms with Gasteiger partial charge in [0.2, 0.25) is 5.13 Å². The highest BCUT2D eigenvalue weighted by atomic mass is 32.1. The molecule has 0 atom stereocenters. The predicted octanol–water partition coefficient (Wildman–Crippen LogP) is 3.84. The van der Waals surface area contributed by atoms with Crippen LogP contribution >= 0.6 is 11.3 Å². The van der Waals surface area contributed by atoms with E-state index in [9.17, 15) is 10.1 Å². The van der Waals surface area contributed by atoms with Crippen molar-refractivity contribution >= 4 is 32.8 Å². The Morgan fingerprint density at radius 2 is 1.90 bits per heavy atom. The molecule has 0 aliphatic carbocycles. The van der Waals surface area contributed by atoms with Gasteiger partial charge >= 0.3 is 5.00 Å². The summed E-state index contributed by atoms with van der Waals surface area (Å²) in [6.45, 7) is 1.58. The van der Waals surface area contributed by atoms with Crippen molar-refractivity contribution in [2.75, 3.05) is 19.0 Å². The first-order chi connectivity index (χ1) is 9.47. The smallest absolute Gasteiger partial charge is 0.348 e. The lowest BCUT2D eigenvalue weighted by Crippen LogP contribution is -2.07. The minimum atomic E-state index is -0.460. The van der Waals surface area contributed by atoms with Crippen molar-refractivity contribution in [3.8, 4) is 0 Å². The van der Waals surface area contributed by atoms with Crippen molar-refractivity contribution in [2.45, 2.75) is 6.92 Å². The van der Waals surface area contributed by atoms with Crippen LogP contribution in [0.25, 0.3) is 0 Å². The number of thiazole rings is 1. The second-order valence-corrected chi connectivity index (χ2v) is 5.21. The number of aryl methyl sites for hydroxylation is 1. The maximum absolute atomic E-state index is 10.7. The van der Waals surface area contributed by atoms with Crippen LogP contribution in [0.4, 0.5) is 21.5 Å². The van der Waals surface area contributed by atoms with E-state index in [4.69, 9.17) is 0 Å².